The predicted octanol–water partition coefficient (Wildman–Crippen LogP) is 2.26. The van der Waals surface area contributed by atoms with Crippen LogP contribution in [0.15, 0.2) is 72.6 Å². The second-order valence-corrected chi connectivity index (χ2v) is 8.55. The molecule has 1 fully saturated rings. The number of aromatic amines is 1. The Balaban J connectivity index is 1.62. The van der Waals surface area contributed by atoms with Gasteiger partial charge in [0, 0.05) is 23.6 Å². The Morgan fingerprint density at radius 1 is 1.18 bits per heavy atom. The van der Waals surface area contributed by atoms with E-state index in [2.05, 4.69) is 4.98 Å². The second kappa shape index (κ2) is 8.67. The number of carbonyl (C=O) groups is 2. The quantitative estimate of drug-likeness (QED) is 0.334. The highest BCUT2D eigenvalue weighted by atomic mass is 16.5. The van der Waals surface area contributed by atoms with Crippen LogP contribution in [0.25, 0.3) is 5.76 Å². The molecule has 0 saturated carbocycles. The average molecular weight is 456 g/mol. The van der Waals surface area contributed by atoms with E-state index in [-0.39, 0.29) is 18.2 Å². The third-order valence-electron chi connectivity index (χ3n) is 6.24. The number of rotatable bonds is 5. The van der Waals surface area contributed by atoms with Gasteiger partial charge in [-0.25, -0.2) is 4.98 Å². The molecular formula is C27H24N2O5. The van der Waals surface area contributed by atoms with E-state index >= 15 is 0 Å². The second-order valence-electron chi connectivity index (χ2n) is 8.55. The van der Waals surface area contributed by atoms with E-state index in [1.165, 1.54) is 4.90 Å². The molecule has 172 valence electrons. The minimum absolute atomic E-state index is 0.0351. The lowest BCUT2D eigenvalue weighted by molar-refractivity contribution is -0.378. The largest absolute Gasteiger partial charge is 0.872 e. The fourth-order valence-corrected chi connectivity index (χ4v) is 4.61. The molecular weight excluding hydrogens is 432 g/mol. The van der Waals surface area contributed by atoms with Crippen molar-refractivity contribution in [3.05, 3.63) is 94.8 Å². The van der Waals surface area contributed by atoms with Crippen molar-refractivity contribution in [2.45, 2.75) is 32.0 Å². The normalized spacial score (nSPS) is 20.8. The molecule has 2 aliphatic heterocycles. The number of nitrogens with zero attached hydrogens (tertiary/aromatic N) is 1. The predicted molar refractivity (Wildman–Crippen MR) is 121 cm³/mol. The van der Waals surface area contributed by atoms with Crippen LogP contribution in [0.1, 0.15) is 35.2 Å². The SMILES string of the molecule is COc1ccc(C2C(=C([O-])c3ccc4c(c3)CC(C)O4)C(=O)C(=O)N2Cc2ccc[nH+]c2)cc1. The van der Waals surface area contributed by atoms with Crippen LogP contribution in [0.5, 0.6) is 11.5 Å². The van der Waals surface area contributed by atoms with Crippen LogP contribution in [-0.4, -0.2) is 29.8 Å². The third kappa shape index (κ3) is 3.79. The van der Waals surface area contributed by atoms with Gasteiger partial charge in [0.05, 0.1) is 19.7 Å². The van der Waals surface area contributed by atoms with Gasteiger partial charge in [0.15, 0.2) is 12.4 Å². The van der Waals surface area contributed by atoms with Gasteiger partial charge in [-0.15, -0.1) is 0 Å². The summed E-state index contributed by atoms with van der Waals surface area (Å²) in [7, 11) is 1.56. The molecule has 1 N–H and O–H groups in total. The topological polar surface area (TPSA) is 93.0 Å². The number of benzene rings is 2. The number of hydrogen-bond acceptors (Lipinski definition) is 5. The number of H-pyrrole nitrogens is 1. The summed E-state index contributed by atoms with van der Waals surface area (Å²) in [6.45, 7) is 2.15. The van der Waals surface area contributed by atoms with E-state index < -0.39 is 23.5 Å². The summed E-state index contributed by atoms with van der Waals surface area (Å²) in [4.78, 5) is 30.8. The van der Waals surface area contributed by atoms with Gasteiger partial charge in [-0.3, -0.25) is 9.59 Å². The first-order valence-corrected chi connectivity index (χ1v) is 11.1. The molecule has 2 unspecified atom stereocenters. The minimum atomic E-state index is -0.804. The molecule has 2 atom stereocenters. The molecule has 2 aromatic carbocycles. The lowest BCUT2D eigenvalue weighted by Crippen LogP contribution is -2.29. The van der Waals surface area contributed by atoms with Gasteiger partial charge in [-0.2, -0.15) is 0 Å². The number of ketones is 1. The minimum Gasteiger partial charge on any atom is -0.872 e. The summed E-state index contributed by atoms with van der Waals surface area (Å²) in [5, 5.41) is 13.7. The van der Waals surface area contributed by atoms with Crippen LogP contribution in [-0.2, 0) is 22.6 Å². The van der Waals surface area contributed by atoms with Gasteiger partial charge < -0.3 is 19.5 Å². The van der Waals surface area contributed by atoms with Crippen molar-refractivity contribution in [3.8, 4) is 11.5 Å². The number of carbonyl (C=O) groups excluding carboxylic acids is 2. The van der Waals surface area contributed by atoms with Gasteiger partial charge >= 0.3 is 0 Å². The zero-order chi connectivity index (χ0) is 23.8. The van der Waals surface area contributed by atoms with E-state index in [1.54, 1.807) is 62.0 Å². The van der Waals surface area contributed by atoms with Crippen molar-refractivity contribution in [1.29, 1.82) is 0 Å². The number of likely N-dealkylation sites (tertiary alicyclic amines) is 1. The molecule has 0 bridgehead atoms. The van der Waals surface area contributed by atoms with E-state index in [0.29, 0.717) is 23.3 Å². The summed E-state index contributed by atoms with van der Waals surface area (Å²) < 4.78 is 11.0. The Kier molecular flexibility index (Phi) is 5.53. The Morgan fingerprint density at radius 3 is 2.68 bits per heavy atom. The number of Topliss-reactive ketones (excluding diaryl/α,β-unsaturated/α-hetero) is 1. The molecule has 7 nitrogen and oxygen atoms in total. The molecule has 0 spiro atoms. The molecule has 7 heteroatoms. The number of fused-ring (bicyclic) bond motifs is 1. The summed E-state index contributed by atoms with van der Waals surface area (Å²) in [5.74, 6) is -0.508. The van der Waals surface area contributed by atoms with E-state index in [1.807, 2.05) is 19.1 Å². The van der Waals surface area contributed by atoms with E-state index in [4.69, 9.17) is 9.47 Å². The van der Waals surface area contributed by atoms with Crippen molar-refractivity contribution >= 4 is 17.4 Å². The van der Waals surface area contributed by atoms with Gasteiger partial charge in [0.25, 0.3) is 5.91 Å². The standard InChI is InChI=1S/C27H24N2O5/c1-16-12-20-13-19(7-10-22(20)34-16)25(30)23-24(18-5-8-21(33-2)9-6-18)29(27(32)26(23)31)15-17-4-3-11-28-14-17/h3-11,13-14,16,24,30H,12,15H2,1-2H3. The molecule has 3 heterocycles. The Labute approximate surface area is 197 Å². The van der Waals surface area contributed by atoms with Gasteiger partial charge in [0.2, 0.25) is 5.78 Å². The van der Waals surface area contributed by atoms with E-state index in [9.17, 15) is 14.7 Å². The Hall–Kier alpha value is -4.13. The van der Waals surface area contributed by atoms with E-state index in [0.717, 1.165) is 16.9 Å². The number of nitrogens with one attached hydrogen (secondary N) is 1. The third-order valence-corrected chi connectivity index (χ3v) is 6.24. The van der Waals surface area contributed by atoms with Gasteiger partial charge in [-0.05, 0) is 53.9 Å². The van der Waals surface area contributed by atoms with Crippen LogP contribution >= 0.6 is 0 Å². The van der Waals surface area contributed by atoms with Crippen LogP contribution in [0.2, 0.25) is 0 Å². The number of ether oxygens (including phenoxy) is 2. The Morgan fingerprint density at radius 2 is 1.97 bits per heavy atom. The number of methoxy groups -OCH3 is 1. The lowest BCUT2D eigenvalue weighted by atomic mass is 9.94. The van der Waals surface area contributed by atoms with Crippen LogP contribution < -0.4 is 19.6 Å². The Bertz CT molecular complexity index is 1280. The number of amides is 1. The molecule has 2 aliphatic rings. The molecule has 1 saturated heterocycles. The van der Waals surface area contributed by atoms with Crippen molar-refractivity contribution in [1.82, 2.24) is 4.90 Å². The summed E-state index contributed by atoms with van der Waals surface area (Å²) >= 11 is 0. The first-order valence-electron chi connectivity index (χ1n) is 11.1. The zero-order valence-electron chi connectivity index (χ0n) is 18.9. The molecule has 0 radical (unpaired) electrons. The van der Waals surface area contributed by atoms with Crippen molar-refractivity contribution < 1.29 is 29.2 Å². The number of aromatic nitrogens is 1. The van der Waals surface area contributed by atoms with Crippen molar-refractivity contribution in [2.24, 2.45) is 0 Å². The van der Waals surface area contributed by atoms with Crippen LogP contribution in [0, 0.1) is 0 Å². The zero-order valence-corrected chi connectivity index (χ0v) is 18.9. The average Bonchev–Trinajstić information content (AvgIpc) is 3.35. The van der Waals surface area contributed by atoms with Crippen LogP contribution in [0.4, 0.5) is 0 Å². The molecule has 5 rings (SSSR count). The molecule has 34 heavy (non-hydrogen) atoms. The monoisotopic (exact) mass is 456 g/mol. The maximum absolute atomic E-state index is 13.7. The summed E-state index contributed by atoms with van der Waals surface area (Å²) in [5.41, 5.74) is 2.75. The van der Waals surface area contributed by atoms with Crippen LogP contribution in [0.3, 0.4) is 0 Å². The molecule has 3 aromatic rings. The first-order chi connectivity index (χ1) is 16.5. The molecule has 0 aliphatic carbocycles. The molecule has 1 aromatic heterocycles. The van der Waals surface area contributed by atoms with Crippen molar-refractivity contribution in [2.75, 3.05) is 7.11 Å². The smallest absolute Gasteiger partial charge is 0.295 e. The maximum Gasteiger partial charge on any atom is 0.295 e. The fourth-order valence-electron chi connectivity index (χ4n) is 4.61. The fraction of sp³-hybridized carbons (Fsp3) is 0.222. The highest BCUT2D eigenvalue weighted by Crippen LogP contribution is 2.41. The highest BCUT2D eigenvalue weighted by Gasteiger charge is 2.44. The van der Waals surface area contributed by atoms with Gasteiger partial charge in [0.1, 0.15) is 17.6 Å². The van der Waals surface area contributed by atoms with Crippen molar-refractivity contribution in [3.63, 3.8) is 0 Å². The number of hydrogen-bond donors (Lipinski definition) is 0. The number of pyridine rings is 1. The summed E-state index contributed by atoms with van der Waals surface area (Å²) in [6, 6.07) is 15.1. The molecule has 1 amide bonds. The maximum atomic E-state index is 13.7. The van der Waals surface area contributed by atoms with Gasteiger partial charge in [-0.1, -0.05) is 24.0 Å². The summed E-state index contributed by atoms with van der Waals surface area (Å²) in [6.07, 6.45) is 4.26. The lowest BCUT2D eigenvalue weighted by Gasteiger charge is -2.27. The highest BCUT2D eigenvalue weighted by molar-refractivity contribution is 6.46. The first kappa shape index (κ1) is 21.7.